The predicted octanol–water partition coefficient (Wildman–Crippen LogP) is 6.37. The van der Waals surface area contributed by atoms with Crippen molar-refractivity contribution in [2.24, 2.45) is 34.0 Å². The van der Waals surface area contributed by atoms with E-state index in [1.54, 1.807) is 13.8 Å². The molecule has 9 atom stereocenters. The average Bonchev–Trinajstić information content (AvgIpc) is 3.63. The largest absolute Gasteiger partial charge is 0.457 e. The lowest BCUT2D eigenvalue weighted by Gasteiger charge is -2.63. The molecular weight excluding hydrogens is 642 g/mol. The van der Waals surface area contributed by atoms with Crippen LogP contribution in [-0.4, -0.2) is 63.8 Å². The molecule has 0 spiro atoms. The Morgan fingerprint density at radius 1 is 1.19 bits per heavy atom. The van der Waals surface area contributed by atoms with E-state index in [0.717, 1.165) is 24.3 Å². The molecule has 3 fully saturated rings. The van der Waals surface area contributed by atoms with Crippen molar-refractivity contribution < 1.29 is 47.0 Å². The summed E-state index contributed by atoms with van der Waals surface area (Å²) in [6.45, 7) is 10.8. The normalized spacial score (nSPS) is 36.9. The second-order valence-electron chi connectivity index (χ2n) is 14.9. The number of alkyl halides is 2. The van der Waals surface area contributed by atoms with Crippen molar-refractivity contribution in [3.8, 4) is 11.8 Å². The fourth-order valence-corrected chi connectivity index (χ4v) is 9.80. The summed E-state index contributed by atoms with van der Waals surface area (Å²) in [5.74, 6) is 1.36. The molecule has 0 unspecified atom stereocenters. The highest BCUT2D eigenvalue weighted by Gasteiger charge is 2.78. The van der Waals surface area contributed by atoms with E-state index in [2.05, 4.69) is 11.8 Å². The number of ketones is 1. The maximum Gasteiger partial charge on any atom is 0.375 e. The Bertz CT molecular complexity index is 1590. The van der Waals surface area contributed by atoms with E-state index >= 15 is 8.78 Å². The van der Waals surface area contributed by atoms with Crippen molar-refractivity contribution in [3.05, 3.63) is 48.0 Å². The Balaban J connectivity index is 1.44. The van der Waals surface area contributed by atoms with Crippen LogP contribution in [0.4, 0.5) is 8.78 Å². The van der Waals surface area contributed by atoms with Crippen LogP contribution in [-0.2, 0) is 23.9 Å². The van der Waals surface area contributed by atoms with Crippen molar-refractivity contribution in [2.45, 2.75) is 97.2 Å². The van der Waals surface area contributed by atoms with Gasteiger partial charge in [0.1, 0.15) is 6.17 Å². The molecule has 1 aromatic heterocycles. The summed E-state index contributed by atoms with van der Waals surface area (Å²) in [5.41, 5.74) is -7.29. The van der Waals surface area contributed by atoms with Crippen LogP contribution < -0.4 is 0 Å². The van der Waals surface area contributed by atoms with E-state index in [9.17, 15) is 24.3 Å². The van der Waals surface area contributed by atoms with Crippen LogP contribution in [0.2, 0.25) is 0 Å². The number of hydrogen-bond donors (Lipinski definition) is 1. The maximum absolute atomic E-state index is 17.7. The number of aliphatic hydroxyl groups is 1. The Kier molecular flexibility index (Phi) is 9.69. The summed E-state index contributed by atoms with van der Waals surface area (Å²) < 4.78 is 50.3. The van der Waals surface area contributed by atoms with E-state index in [-0.39, 0.29) is 60.8 Å². The molecule has 1 aromatic rings. The van der Waals surface area contributed by atoms with Crippen LogP contribution in [0, 0.1) is 45.8 Å². The lowest BCUT2D eigenvalue weighted by molar-refractivity contribution is -0.221. The molecule has 0 aliphatic heterocycles. The smallest absolute Gasteiger partial charge is 0.375 e. The van der Waals surface area contributed by atoms with Crippen LogP contribution in [0.3, 0.4) is 0 Å². The summed E-state index contributed by atoms with van der Waals surface area (Å²) >= 11 is 0.822. The van der Waals surface area contributed by atoms with E-state index in [4.69, 9.17) is 13.9 Å². The van der Waals surface area contributed by atoms with Crippen molar-refractivity contribution >= 4 is 34.6 Å². The van der Waals surface area contributed by atoms with Crippen LogP contribution in [0.15, 0.2) is 46.6 Å². The molecule has 0 bridgehead atoms. The van der Waals surface area contributed by atoms with Gasteiger partial charge in [-0.25, -0.2) is 13.6 Å². The molecule has 0 amide bonds. The minimum absolute atomic E-state index is 0.00270. The zero-order valence-electron chi connectivity index (χ0n) is 28.3. The molecule has 11 heteroatoms. The SMILES string of the molecule is CCC(C)(C)CC(=O)OCC#CCSC(=O)[C@@]1(OC(=O)c2ccco2)[C@H](C)C[C@H]2[C@@H]3C[C@H](F)C4=CC(=O)C=C[C@]4(C)[C@@]3(F)[C@@H](O)C[C@@]21C. The lowest BCUT2D eigenvalue weighted by Crippen LogP contribution is -2.70. The fraction of sp³-hybridized carbons (Fsp3) is 0.622. The van der Waals surface area contributed by atoms with E-state index in [0.29, 0.717) is 0 Å². The highest BCUT2D eigenvalue weighted by atomic mass is 32.2. The van der Waals surface area contributed by atoms with Crippen molar-refractivity contribution in [3.63, 3.8) is 0 Å². The zero-order valence-corrected chi connectivity index (χ0v) is 29.1. The molecule has 260 valence electrons. The Hall–Kier alpha value is -3.23. The van der Waals surface area contributed by atoms with Gasteiger partial charge in [-0.05, 0) is 67.4 Å². The molecule has 4 aliphatic carbocycles. The van der Waals surface area contributed by atoms with Gasteiger partial charge in [-0.1, -0.05) is 70.7 Å². The maximum atomic E-state index is 17.7. The number of fused-ring (bicyclic) bond motifs is 5. The summed E-state index contributed by atoms with van der Waals surface area (Å²) in [5, 5.41) is 11.2. The summed E-state index contributed by atoms with van der Waals surface area (Å²) in [6, 6.07) is 2.91. The van der Waals surface area contributed by atoms with Gasteiger partial charge in [0.25, 0.3) is 0 Å². The molecule has 1 heterocycles. The number of esters is 2. The van der Waals surface area contributed by atoms with Gasteiger partial charge in [0.15, 0.2) is 23.7 Å². The van der Waals surface area contributed by atoms with Gasteiger partial charge in [-0.3, -0.25) is 14.4 Å². The van der Waals surface area contributed by atoms with E-state index < -0.39 is 69.0 Å². The number of halogens is 2. The number of aliphatic hydroxyl groups excluding tert-OH is 1. The standard InChI is InChI=1S/C37H44F2O8S/c1-7-33(3,4)21-30(42)46-14-8-9-16-48-32(44)37(47-31(43)28-11-10-15-45-28)22(2)17-24-25-19-27(38)26-18-23(40)12-13-34(26,5)36(25,39)29(41)20-35(24,37)6/h10-13,15,18,22,24-25,27,29,41H,7,14,16-17,19-21H2,1-6H3/t22-,24+,25+,27+,29+,34+,35+,36+,37+/m1/s1. The number of ether oxygens (including phenoxy) is 2. The Morgan fingerprint density at radius 2 is 1.92 bits per heavy atom. The number of hydrogen-bond acceptors (Lipinski definition) is 9. The topological polar surface area (TPSA) is 120 Å². The molecule has 8 nitrogen and oxygen atoms in total. The molecule has 5 rings (SSSR count). The van der Waals surface area contributed by atoms with E-state index in [1.807, 2.05) is 20.8 Å². The second kappa shape index (κ2) is 12.9. The number of thioether (sulfide) groups is 1. The minimum atomic E-state index is -2.35. The van der Waals surface area contributed by atoms with Gasteiger partial charge in [0, 0.05) is 22.7 Å². The minimum Gasteiger partial charge on any atom is -0.457 e. The molecule has 3 saturated carbocycles. The molecular formula is C37H44F2O8S. The third-order valence-electron chi connectivity index (χ3n) is 11.7. The third kappa shape index (κ3) is 5.67. The lowest BCUT2D eigenvalue weighted by atomic mass is 9.44. The van der Waals surface area contributed by atoms with Gasteiger partial charge < -0.3 is 19.0 Å². The number of rotatable bonds is 8. The van der Waals surface area contributed by atoms with Gasteiger partial charge >= 0.3 is 11.9 Å². The summed E-state index contributed by atoms with van der Waals surface area (Å²) in [7, 11) is 0. The first kappa shape index (κ1) is 36.1. The van der Waals surface area contributed by atoms with Gasteiger partial charge in [-0.15, -0.1) is 0 Å². The summed E-state index contributed by atoms with van der Waals surface area (Å²) in [4.78, 5) is 52.2. The number of carbonyl (C=O) groups excluding carboxylic acids is 4. The fourth-order valence-electron chi connectivity index (χ4n) is 8.80. The molecule has 4 aliphatic rings. The van der Waals surface area contributed by atoms with Crippen LogP contribution >= 0.6 is 11.8 Å². The second-order valence-corrected chi connectivity index (χ2v) is 15.8. The quantitative estimate of drug-likeness (QED) is 0.246. The van der Waals surface area contributed by atoms with Crippen LogP contribution in [0.1, 0.15) is 84.2 Å². The van der Waals surface area contributed by atoms with Crippen LogP contribution in [0.25, 0.3) is 0 Å². The monoisotopic (exact) mass is 686 g/mol. The zero-order chi connectivity index (χ0) is 35.3. The number of carbonyl (C=O) groups is 4. The Morgan fingerprint density at radius 3 is 2.58 bits per heavy atom. The van der Waals surface area contributed by atoms with E-state index in [1.165, 1.54) is 37.5 Å². The third-order valence-corrected chi connectivity index (χ3v) is 12.6. The van der Waals surface area contributed by atoms with Crippen molar-refractivity contribution in [1.29, 1.82) is 0 Å². The van der Waals surface area contributed by atoms with Gasteiger partial charge in [-0.2, -0.15) is 0 Å². The van der Waals surface area contributed by atoms with Gasteiger partial charge in [0.2, 0.25) is 10.9 Å². The molecule has 0 radical (unpaired) electrons. The number of furan rings is 1. The van der Waals surface area contributed by atoms with Gasteiger partial charge in [0.05, 0.1) is 24.5 Å². The molecule has 0 aromatic carbocycles. The first-order chi connectivity index (χ1) is 22.5. The highest BCUT2D eigenvalue weighted by Crippen LogP contribution is 2.72. The highest BCUT2D eigenvalue weighted by molar-refractivity contribution is 8.14. The molecule has 1 N–H and O–H groups in total. The summed E-state index contributed by atoms with van der Waals surface area (Å²) in [6.07, 6.45) is 2.39. The predicted molar refractivity (Wildman–Crippen MR) is 175 cm³/mol. The molecule has 0 saturated heterocycles. The average molecular weight is 687 g/mol. The van der Waals surface area contributed by atoms with Crippen molar-refractivity contribution in [2.75, 3.05) is 12.4 Å². The van der Waals surface area contributed by atoms with Crippen molar-refractivity contribution in [1.82, 2.24) is 0 Å². The Labute approximate surface area is 284 Å². The molecule has 48 heavy (non-hydrogen) atoms. The number of allylic oxidation sites excluding steroid dienone is 4. The first-order valence-corrected chi connectivity index (χ1v) is 17.5. The first-order valence-electron chi connectivity index (χ1n) is 16.5. The van der Waals surface area contributed by atoms with Crippen LogP contribution in [0.5, 0.6) is 0 Å².